The number of hydrogen-bond donors (Lipinski definition) is 2. The molecule has 1 atom stereocenters. The fourth-order valence-corrected chi connectivity index (χ4v) is 2.79. The van der Waals surface area contributed by atoms with E-state index in [-0.39, 0.29) is 11.3 Å². The van der Waals surface area contributed by atoms with Gasteiger partial charge in [-0.2, -0.15) is 5.10 Å². The minimum absolute atomic E-state index is 0.169. The molecule has 0 radical (unpaired) electrons. The molecule has 0 aliphatic carbocycles. The first-order valence-corrected chi connectivity index (χ1v) is 7.65. The molecule has 5 nitrogen and oxygen atoms in total. The Hall–Kier alpha value is -1.21. The first-order chi connectivity index (χ1) is 8.74. The molecule has 1 aliphatic heterocycles. The molecule has 0 saturated carbocycles. The second kappa shape index (κ2) is 6.10. The van der Waals surface area contributed by atoms with E-state index in [2.05, 4.69) is 27.8 Å². The van der Waals surface area contributed by atoms with Crippen LogP contribution in [-0.4, -0.2) is 27.7 Å². The van der Waals surface area contributed by atoms with Gasteiger partial charge in [0.25, 0.3) is 5.91 Å². The Morgan fingerprint density at radius 1 is 1.67 bits per heavy atom. The molecule has 1 aromatic rings. The predicted octanol–water partition coefficient (Wildman–Crippen LogP) is 1.88. The molecule has 1 amide bonds. The summed E-state index contributed by atoms with van der Waals surface area (Å²) >= 11 is 2.98. The number of hydrazone groups is 1. The number of pyridine rings is 1. The predicted molar refractivity (Wildman–Crippen MR) is 75.7 cm³/mol. The quantitative estimate of drug-likeness (QED) is 0.829. The molecule has 0 spiro atoms. The van der Waals surface area contributed by atoms with Crippen molar-refractivity contribution < 1.29 is 4.79 Å². The van der Waals surface area contributed by atoms with Gasteiger partial charge < -0.3 is 0 Å². The Labute approximate surface area is 114 Å². The van der Waals surface area contributed by atoms with Crippen molar-refractivity contribution in [1.82, 2.24) is 15.7 Å². The van der Waals surface area contributed by atoms with Crippen LogP contribution < -0.4 is 10.7 Å². The molecule has 2 N–H and O–H groups in total. The van der Waals surface area contributed by atoms with Gasteiger partial charge in [0.15, 0.2) is 5.17 Å². The molecule has 0 aromatic carbocycles. The third-order valence-corrected chi connectivity index (χ3v) is 4.22. The molecule has 7 heteroatoms. The third-order valence-electron chi connectivity index (χ3n) is 2.36. The molecule has 2 rings (SSSR count). The second-order valence-corrected chi connectivity index (χ2v) is 5.56. The number of amidine groups is 1. The Balaban J connectivity index is 2.04. The van der Waals surface area contributed by atoms with Crippen molar-refractivity contribution in [2.24, 2.45) is 5.10 Å². The van der Waals surface area contributed by atoms with Crippen LogP contribution in [0.25, 0.3) is 0 Å². The van der Waals surface area contributed by atoms with Crippen LogP contribution in [0.4, 0.5) is 0 Å². The van der Waals surface area contributed by atoms with Crippen LogP contribution in [0, 0.1) is 0 Å². The maximum Gasteiger partial charge on any atom is 0.260 e. The molecule has 18 heavy (non-hydrogen) atoms. The topological polar surface area (TPSA) is 66.4 Å². The molecule has 0 bridgehead atoms. The lowest BCUT2D eigenvalue weighted by atomic mass is 10.3. The lowest BCUT2D eigenvalue weighted by molar-refractivity contribution is 0.0974. The van der Waals surface area contributed by atoms with Crippen LogP contribution in [0.5, 0.6) is 0 Å². The highest BCUT2D eigenvalue weighted by atomic mass is 32.2. The van der Waals surface area contributed by atoms with Gasteiger partial charge in [-0.1, -0.05) is 18.7 Å². The average molecular weight is 282 g/mol. The molecular formula is C11H14N4OS2. The van der Waals surface area contributed by atoms with E-state index in [1.807, 2.05) is 6.26 Å². The van der Waals surface area contributed by atoms with Gasteiger partial charge in [0.2, 0.25) is 0 Å². The summed E-state index contributed by atoms with van der Waals surface area (Å²) < 4.78 is 0. The van der Waals surface area contributed by atoms with Crippen LogP contribution in [0.1, 0.15) is 23.7 Å². The molecule has 1 aliphatic rings. The molecule has 0 saturated heterocycles. The lowest BCUT2D eigenvalue weighted by Crippen LogP contribution is -2.28. The summed E-state index contributed by atoms with van der Waals surface area (Å²) in [5.41, 5.74) is 3.53. The molecule has 0 fully saturated rings. The van der Waals surface area contributed by atoms with Gasteiger partial charge in [0.05, 0.1) is 10.9 Å². The number of thioether (sulfide) groups is 2. The Kier molecular flexibility index (Phi) is 4.48. The van der Waals surface area contributed by atoms with E-state index in [1.54, 1.807) is 18.3 Å². The summed E-state index contributed by atoms with van der Waals surface area (Å²) in [6, 6.07) is 3.52. The van der Waals surface area contributed by atoms with Crippen LogP contribution in [0.2, 0.25) is 0 Å². The SMILES string of the molecule is CCC1NN=C(NC(=O)c2cccnc2SC)S1. The highest BCUT2D eigenvalue weighted by molar-refractivity contribution is 8.14. The number of rotatable bonds is 3. The van der Waals surface area contributed by atoms with Crippen LogP contribution >= 0.6 is 23.5 Å². The molecule has 96 valence electrons. The van der Waals surface area contributed by atoms with Crippen molar-refractivity contribution in [1.29, 1.82) is 0 Å². The summed E-state index contributed by atoms with van der Waals surface area (Å²) in [6.45, 7) is 2.07. The number of nitrogens with zero attached hydrogens (tertiary/aromatic N) is 2. The first kappa shape index (κ1) is 13.2. The second-order valence-electron chi connectivity index (χ2n) is 3.58. The number of aromatic nitrogens is 1. The van der Waals surface area contributed by atoms with Crippen LogP contribution in [-0.2, 0) is 0 Å². The van der Waals surface area contributed by atoms with Crippen molar-refractivity contribution in [3.05, 3.63) is 23.9 Å². The van der Waals surface area contributed by atoms with Gasteiger partial charge in [-0.3, -0.25) is 15.5 Å². The number of nitrogens with one attached hydrogen (secondary N) is 2. The van der Waals surface area contributed by atoms with E-state index in [1.165, 1.54) is 23.5 Å². The zero-order chi connectivity index (χ0) is 13.0. The van der Waals surface area contributed by atoms with E-state index in [4.69, 9.17) is 0 Å². The van der Waals surface area contributed by atoms with Gasteiger partial charge in [0, 0.05) is 6.20 Å². The summed E-state index contributed by atoms with van der Waals surface area (Å²) in [6.07, 6.45) is 4.53. The largest absolute Gasteiger partial charge is 0.300 e. The van der Waals surface area contributed by atoms with E-state index in [0.29, 0.717) is 10.7 Å². The Morgan fingerprint density at radius 2 is 2.50 bits per heavy atom. The minimum atomic E-state index is -0.169. The van der Waals surface area contributed by atoms with Crippen LogP contribution in [0.15, 0.2) is 28.5 Å². The monoisotopic (exact) mass is 282 g/mol. The highest BCUT2D eigenvalue weighted by Crippen LogP contribution is 2.20. The number of carbonyl (C=O) groups excluding carboxylic acids is 1. The first-order valence-electron chi connectivity index (χ1n) is 5.54. The smallest absolute Gasteiger partial charge is 0.260 e. The zero-order valence-electron chi connectivity index (χ0n) is 10.1. The van der Waals surface area contributed by atoms with Crippen LogP contribution in [0.3, 0.4) is 0 Å². The normalized spacial score (nSPS) is 18.1. The minimum Gasteiger partial charge on any atom is -0.300 e. The van der Waals surface area contributed by atoms with Gasteiger partial charge in [0.1, 0.15) is 5.03 Å². The number of carbonyl (C=O) groups is 1. The summed E-state index contributed by atoms with van der Waals surface area (Å²) in [5.74, 6) is -0.169. The summed E-state index contributed by atoms with van der Waals surface area (Å²) in [5, 5.41) is 8.45. The fourth-order valence-electron chi connectivity index (χ4n) is 1.44. The molecule has 2 heterocycles. The van der Waals surface area contributed by atoms with Crippen molar-refractivity contribution in [2.75, 3.05) is 6.26 Å². The molecular weight excluding hydrogens is 268 g/mol. The van der Waals surface area contributed by atoms with Gasteiger partial charge in [-0.15, -0.1) is 11.8 Å². The van der Waals surface area contributed by atoms with E-state index >= 15 is 0 Å². The van der Waals surface area contributed by atoms with Gasteiger partial charge in [-0.25, -0.2) is 4.98 Å². The average Bonchev–Trinajstić information content (AvgIpc) is 2.86. The maximum atomic E-state index is 12.1. The summed E-state index contributed by atoms with van der Waals surface area (Å²) in [7, 11) is 0. The van der Waals surface area contributed by atoms with Crippen molar-refractivity contribution in [2.45, 2.75) is 23.7 Å². The van der Waals surface area contributed by atoms with Crippen molar-refractivity contribution in [3.8, 4) is 0 Å². The maximum absolute atomic E-state index is 12.1. The molecule has 1 unspecified atom stereocenters. The lowest BCUT2D eigenvalue weighted by Gasteiger charge is -2.07. The van der Waals surface area contributed by atoms with E-state index in [0.717, 1.165) is 11.4 Å². The standard InChI is InChI=1S/C11H14N4OS2/c1-3-8-14-15-11(18-8)13-9(16)7-5-4-6-12-10(7)17-2/h4-6,8,14H,3H2,1-2H3,(H,13,15,16). The number of hydrogen-bond acceptors (Lipinski definition) is 6. The van der Waals surface area contributed by atoms with Gasteiger partial charge >= 0.3 is 0 Å². The van der Waals surface area contributed by atoms with Crippen molar-refractivity contribution in [3.63, 3.8) is 0 Å². The zero-order valence-corrected chi connectivity index (χ0v) is 11.8. The van der Waals surface area contributed by atoms with Gasteiger partial charge in [-0.05, 0) is 24.8 Å². The van der Waals surface area contributed by atoms with Crippen molar-refractivity contribution >= 4 is 34.6 Å². The third kappa shape index (κ3) is 2.97. The number of amides is 1. The Bertz CT molecular complexity index is 478. The van der Waals surface area contributed by atoms with E-state index < -0.39 is 0 Å². The summed E-state index contributed by atoms with van der Waals surface area (Å²) in [4.78, 5) is 16.3. The highest BCUT2D eigenvalue weighted by Gasteiger charge is 2.20. The fraction of sp³-hybridized carbons (Fsp3) is 0.364. The molecule has 1 aromatic heterocycles. The van der Waals surface area contributed by atoms with E-state index in [9.17, 15) is 4.79 Å². The Morgan fingerprint density at radius 3 is 3.17 bits per heavy atom.